The van der Waals surface area contributed by atoms with Gasteiger partial charge in [0.2, 0.25) is 5.91 Å². The molecule has 4 nitrogen and oxygen atoms in total. The van der Waals surface area contributed by atoms with Crippen molar-refractivity contribution in [1.82, 2.24) is 5.32 Å². The zero-order chi connectivity index (χ0) is 15.0. The van der Waals surface area contributed by atoms with Crippen LogP contribution < -0.4 is 10.2 Å². The lowest BCUT2D eigenvalue weighted by molar-refractivity contribution is -0.137. The van der Waals surface area contributed by atoms with Crippen LogP contribution >= 0.6 is 0 Å². The number of hydrogen-bond acceptors (Lipinski definition) is 2. The van der Waals surface area contributed by atoms with Gasteiger partial charge in [0.05, 0.1) is 5.69 Å². The molecule has 1 heterocycles. The molecule has 0 aromatic heterocycles. The van der Waals surface area contributed by atoms with Crippen LogP contribution in [0, 0.1) is 12.7 Å². The van der Waals surface area contributed by atoms with Crippen LogP contribution in [0.3, 0.4) is 0 Å². The maximum atomic E-state index is 14.2. The van der Waals surface area contributed by atoms with Gasteiger partial charge in [-0.1, -0.05) is 31.4 Å². The average molecular weight is 290 g/mol. The summed E-state index contributed by atoms with van der Waals surface area (Å²) in [5, 5.41) is 2.87. The molecule has 5 heteroatoms. The molecule has 2 fully saturated rings. The number of piperazine rings is 1. The summed E-state index contributed by atoms with van der Waals surface area (Å²) in [5.74, 6) is -0.835. The van der Waals surface area contributed by atoms with Crippen molar-refractivity contribution >= 4 is 17.5 Å². The molecule has 1 aliphatic heterocycles. The molecule has 1 N–H and O–H groups in total. The zero-order valence-corrected chi connectivity index (χ0v) is 12.1. The average Bonchev–Trinajstić information content (AvgIpc) is 2.45. The number of para-hydroxylation sites is 1. The minimum atomic E-state index is -0.831. The van der Waals surface area contributed by atoms with E-state index in [1.54, 1.807) is 19.1 Å². The number of nitrogens with one attached hydrogen (secondary N) is 1. The van der Waals surface area contributed by atoms with Crippen LogP contribution in [-0.4, -0.2) is 23.9 Å². The lowest BCUT2D eigenvalue weighted by Gasteiger charge is -2.44. The second kappa shape index (κ2) is 5.13. The van der Waals surface area contributed by atoms with Gasteiger partial charge in [-0.05, 0) is 31.4 Å². The third-order valence-electron chi connectivity index (χ3n) is 4.50. The van der Waals surface area contributed by atoms with E-state index in [2.05, 4.69) is 5.32 Å². The van der Waals surface area contributed by atoms with Crippen molar-refractivity contribution in [2.75, 3.05) is 11.4 Å². The molecule has 0 atom stereocenters. The van der Waals surface area contributed by atoms with E-state index < -0.39 is 11.4 Å². The summed E-state index contributed by atoms with van der Waals surface area (Å²) in [4.78, 5) is 26.3. The number of rotatable bonds is 1. The third-order valence-corrected chi connectivity index (χ3v) is 4.50. The van der Waals surface area contributed by atoms with E-state index in [1.165, 1.54) is 11.0 Å². The van der Waals surface area contributed by atoms with Crippen molar-refractivity contribution < 1.29 is 14.0 Å². The summed E-state index contributed by atoms with van der Waals surface area (Å²) in [6.07, 6.45) is 4.18. The molecule has 0 bridgehead atoms. The Bertz CT molecular complexity index is 574. The van der Waals surface area contributed by atoms with Gasteiger partial charge >= 0.3 is 0 Å². The Morgan fingerprint density at radius 1 is 1.19 bits per heavy atom. The van der Waals surface area contributed by atoms with Crippen LogP contribution in [0.25, 0.3) is 0 Å². The van der Waals surface area contributed by atoms with Crippen LogP contribution in [0.4, 0.5) is 10.1 Å². The van der Waals surface area contributed by atoms with Crippen molar-refractivity contribution in [3.8, 4) is 0 Å². The monoisotopic (exact) mass is 290 g/mol. The fourth-order valence-corrected chi connectivity index (χ4v) is 3.47. The lowest BCUT2D eigenvalue weighted by Crippen LogP contribution is -2.67. The van der Waals surface area contributed by atoms with Gasteiger partial charge in [0, 0.05) is 0 Å². The molecule has 0 radical (unpaired) electrons. The number of hydrogen-bond donors (Lipinski definition) is 1. The van der Waals surface area contributed by atoms with Crippen molar-refractivity contribution in [3.63, 3.8) is 0 Å². The fourth-order valence-electron chi connectivity index (χ4n) is 3.47. The van der Waals surface area contributed by atoms with Crippen molar-refractivity contribution in [3.05, 3.63) is 29.6 Å². The number of halogens is 1. The molecule has 2 amide bonds. The van der Waals surface area contributed by atoms with Crippen LogP contribution in [0.15, 0.2) is 18.2 Å². The first-order chi connectivity index (χ1) is 10.0. The van der Waals surface area contributed by atoms with E-state index in [1.807, 2.05) is 0 Å². The summed E-state index contributed by atoms with van der Waals surface area (Å²) < 4.78 is 14.2. The molecule has 0 unspecified atom stereocenters. The van der Waals surface area contributed by atoms with Gasteiger partial charge in [0.1, 0.15) is 17.9 Å². The maximum absolute atomic E-state index is 14.2. The van der Waals surface area contributed by atoms with Crippen LogP contribution in [0.1, 0.15) is 37.7 Å². The highest BCUT2D eigenvalue weighted by atomic mass is 19.1. The Hall–Kier alpha value is -1.91. The smallest absolute Gasteiger partial charge is 0.253 e. The molecule has 21 heavy (non-hydrogen) atoms. The summed E-state index contributed by atoms with van der Waals surface area (Å²) in [6.45, 7) is 1.65. The standard InChI is InChI=1S/C16H19FN2O2/c1-11-6-5-7-12(17)14(11)19-10-13(20)18-16(15(19)21)8-3-2-4-9-16/h5-7H,2-4,8-10H2,1H3,(H,18,20). The second-order valence-electron chi connectivity index (χ2n) is 5.99. The van der Waals surface area contributed by atoms with Crippen LogP contribution in [0.2, 0.25) is 0 Å². The molecule has 1 aliphatic carbocycles. The minimum Gasteiger partial charge on any atom is -0.340 e. The molecule has 3 rings (SSSR count). The van der Waals surface area contributed by atoms with Gasteiger partial charge in [-0.3, -0.25) is 14.5 Å². The zero-order valence-electron chi connectivity index (χ0n) is 12.1. The largest absolute Gasteiger partial charge is 0.340 e. The number of carbonyl (C=O) groups is 2. The van der Waals surface area contributed by atoms with E-state index in [-0.39, 0.29) is 24.0 Å². The first-order valence-corrected chi connectivity index (χ1v) is 7.42. The molecule has 1 aromatic rings. The summed E-state index contributed by atoms with van der Waals surface area (Å²) in [5.41, 5.74) is 0.0776. The predicted molar refractivity (Wildman–Crippen MR) is 77.4 cm³/mol. The Kier molecular flexibility index (Phi) is 3.43. The normalized spacial score (nSPS) is 21.5. The first kappa shape index (κ1) is 14.0. The summed E-state index contributed by atoms with van der Waals surface area (Å²) in [7, 11) is 0. The van der Waals surface area contributed by atoms with Crippen LogP contribution in [-0.2, 0) is 9.59 Å². The molecule has 1 aromatic carbocycles. The Morgan fingerprint density at radius 2 is 1.90 bits per heavy atom. The number of nitrogens with zero attached hydrogens (tertiary/aromatic N) is 1. The molecule has 1 saturated heterocycles. The topological polar surface area (TPSA) is 49.4 Å². The highest BCUT2D eigenvalue weighted by Gasteiger charge is 2.48. The highest BCUT2D eigenvalue weighted by molar-refractivity contribution is 6.09. The van der Waals surface area contributed by atoms with Crippen LogP contribution in [0.5, 0.6) is 0 Å². The quantitative estimate of drug-likeness (QED) is 0.863. The van der Waals surface area contributed by atoms with Gasteiger partial charge in [0.15, 0.2) is 0 Å². The van der Waals surface area contributed by atoms with Crippen molar-refractivity contribution in [1.29, 1.82) is 0 Å². The Balaban J connectivity index is 2.02. The second-order valence-corrected chi connectivity index (χ2v) is 5.99. The molecule has 1 spiro atoms. The lowest BCUT2D eigenvalue weighted by atomic mass is 9.79. The fraction of sp³-hybridized carbons (Fsp3) is 0.500. The van der Waals surface area contributed by atoms with E-state index >= 15 is 0 Å². The van der Waals surface area contributed by atoms with Gasteiger partial charge in [-0.2, -0.15) is 0 Å². The number of aryl methyl sites for hydroxylation is 1. The minimum absolute atomic E-state index is 0.109. The molecule has 112 valence electrons. The van der Waals surface area contributed by atoms with E-state index in [9.17, 15) is 14.0 Å². The predicted octanol–water partition coefficient (Wildman–Crippen LogP) is 2.30. The SMILES string of the molecule is Cc1cccc(F)c1N1CC(=O)NC2(CCCCC2)C1=O. The highest BCUT2D eigenvalue weighted by Crippen LogP contribution is 2.35. The number of amides is 2. The van der Waals surface area contributed by atoms with Gasteiger partial charge < -0.3 is 5.32 Å². The van der Waals surface area contributed by atoms with E-state index in [0.29, 0.717) is 18.4 Å². The Morgan fingerprint density at radius 3 is 2.57 bits per heavy atom. The molecular weight excluding hydrogens is 271 g/mol. The number of anilines is 1. The van der Waals surface area contributed by atoms with Gasteiger partial charge in [-0.25, -0.2) is 4.39 Å². The Labute approximate surface area is 123 Å². The first-order valence-electron chi connectivity index (χ1n) is 7.42. The maximum Gasteiger partial charge on any atom is 0.253 e. The van der Waals surface area contributed by atoms with E-state index in [4.69, 9.17) is 0 Å². The van der Waals surface area contributed by atoms with Crippen molar-refractivity contribution in [2.24, 2.45) is 0 Å². The number of carbonyl (C=O) groups excluding carboxylic acids is 2. The number of benzene rings is 1. The summed E-state index contributed by atoms with van der Waals surface area (Å²) >= 11 is 0. The van der Waals surface area contributed by atoms with Crippen molar-refractivity contribution in [2.45, 2.75) is 44.6 Å². The van der Waals surface area contributed by atoms with E-state index in [0.717, 1.165) is 19.3 Å². The molecular formula is C16H19FN2O2. The molecule has 1 saturated carbocycles. The van der Waals surface area contributed by atoms with Gasteiger partial charge in [-0.15, -0.1) is 0 Å². The third kappa shape index (κ3) is 2.30. The van der Waals surface area contributed by atoms with Gasteiger partial charge in [0.25, 0.3) is 5.91 Å². The molecule has 2 aliphatic rings. The summed E-state index contributed by atoms with van der Waals surface area (Å²) in [6, 6.07) is 4.69.